The van der Waals surface area contributed by atoms with Crippen molar-refractivity contribution in [3.63, 3.8) is 0 Å². The first-order valence-electron chi connectivity index (χ1n) is 11.1. The summed E-state index contributed by atoms with van der Waals surface area (Å²) in [7, 11) is 2.16. The first-order chi connectivity index (χ1) is 14.5. The van der Waals surface area contributed by atoms with Gasteiger partial charge in [0.2, 0.25) is 0 Å². The highest BCUT2D eigenvalue weighted by atomic mass is 19.1. The standard InChI is InChI=1S/C25H30FN3O/c1-17(23-14-19(18-3-4-18)13-20-15-27-28-24(20)23)30-16-25(9-11-29(2)12-10-25)21-5-7-22(26)8-6-21/h5-8,13-15,17-18H,3-4,9-12,16H2,1-2H3,(H,27,28). The number of benzene rings is 2. The molecule has 0 radical (unpaired) electrons. The number of piperidine rings is 1. The van der Waals surface area contributed by atoms with Gasteiger partial charge in [-0.05, 0) is 88.0 Å². The number of nitrogens with one attached hydrogen (secondary N) is 1. The zero-order valence-electron chi connectivity index (χ0n) is 17.8. The molecule has 0 amide bonds. The molecular formula is C25H30FN3O. The molecule has 1 aliphatic carbocycles. The summed E-state index contributed by atoms with van der Waals surface area (Å²) in [6.45, 7) is 4.82. The van der Waals surface area contributed by atoms with Gasteiger partial charge in [0.05, 0.1) is 24.4 Å². The summed E-state index contributed by atoms with van der Waals surface area (Å²) in [6.07, 6.45) is 6.46. The predicted molar refractivity (Wildman–Crippen MR) is 117 cm³/mol. The Bertz CT molecular complexity index is 1020. The lowest BCUT2D eigenvalue weighted by Crippen LogP contribution is -2.44. The molecule has 1 saturated heterocycles. The van der Waals surface area contributed by atoms with E-state index in [2.05, 4.69) is 41.2 Å². The van der Waals surface area contributed by atoms with E-state index in [1.54, 1.807) is 12.1 Å². The van der Waals surface area contributed by atoms with Gasteiger partial charge in [0, 0.05) is 16.4 Å². The van der Waals surface area contributed by atoms with Gasteiger partial charge < -0.3 is 9.64 Å². The number of likely N-dealkylation sites (tertiary alicyclic amines) is 1. The van der Waals surface area contributed by atoms with E-state index in [4.69, 9.17) is 4.74 Å². The van der Waals surface area contributed by atoms with E-state index in [9.17, 15) is 4.39 Å². The Kier molecular flexibility index (Phi) is 5.11. The Hall–Kier alpha value is -2.24. The normalized spacial score (nSPS) is 20.5. The predicted octanol–water partition coefficient (Wildman–Crippen LogP) is 5.32. The van der Waals surface area contributed by atoms with E-state index in [-0.39, 0.29) is 17.3 Å². The largest absolute Gasteiger partial charge is 0.373 e. The molecule has 1 N–H and O–H groups in total. The molecule has 0 bridgehead atoms. The molecule has 5 heteroatoms. The average Bonchev–Trinajstić information content (AvgIpc) is 3.50. The Morgan fingerprint density at radius 3 is 2.63 bits per heavy atom. The average molecular weight is 408 g/mol. The maximum Gasteiger partial charge on any atom is 0.123 e. The van der Waals surface area contributed by atoms with Gasteiger partial charge in [-0.3, -0.25) is 5.10 Å². The lowest BCUT2D eigenvalue weighted by molar-refractivity contribution is 0.00694. The van der Waals surface area contributed by atoms with Crippen LogP contribution in [0, 0.1) is 5.82 Å². The quantitative estimate of drug-likeness (QED) is 0.601. The van der Waals surface area contributed by atoms with Crippen molar-refractivity contribution in [2.75, 3.05) is 26.7 Å². The second-order valence-electron chi connectivity index (χ2n) is 9.26. The SMILES string of the molecule is CC(OCC1(c2ccc(F)cc2)CCN(C)CC1)c1cc(C2CC2)cc2cn[nH]c12. The summed E-state index contributed by atoms with van der Waals surface area (Å²) in [6, 6.07) is 11.6. The van der Waals surface area contributed by atoms with Gasteiger partial charge in [-0.2, -0.15) is 5.10 Å². The number of fused-ring (bicyclic) bond motifs is 1. The van der Waals surface area contributed by atoms with E-state index in [0.29, 0.717) is 12.5 Å². The lowest BCUT2D eigenvalue weighted by Gasteiger charge is -2.41. The number of hydrogen-bond donors (Lipinski definition) is 1. The highest BCUT2D eigenvalue weighted by molar-refractivity contribution is 5.82. The van der Waals surface area contributed by atoms with E-state index < -0.39 is 0 Å². The topological polar surface area (TPSA) is 41.1 Å². The monoisotopic (exact) mass is 407 g/mol. The van der Waals surface area contributed by atoms with Crippen LogP contribution in [0.4, 0.5) is 4.39 Å². The van der Waals surface area contributed by atoms with Crippen LogP contribution in [0.5, 0.6) is 0 Å². The summed E-state index contributed by atoms with van der Waals surface area (Å²) in [5, 5.41) is 8.60. The molecule has 2 fully saturated rings. The number of halogens is 1. The Morgan fingerprint density at radius 2 is 1.93 bits per heavy atom. The maximum atomic E-state index is 13.6. The van der Waals surface area contributed by atoms with Crippen molar-refractivity contribution in [2.24, 2.45) is 0 Å². The van der Waals surface area contributed by atoms with Crippen LogP contribution in [0.15, 0.2) is 42.6 Å². The molecule has 4 nitrogen and oxygen atoms in total. The fourth-order valence-corrected chi connectivity index (χ4v) is 4.82. The third-order valence-electron chi connectivity index (χ3n) is 7.10. The van der Waals surface area contributed by atoms with Crippen LogP contribution in [0.25, 0.3) is 10.9 Å². The number of rotatable bonds is 6. The van der Waals surface area contributed by atoms with Crippen molar-refractivity contribution in [1.29, 1.82) is 0 Å². The zero-order chi connectivity index (χ0) is 20.7. The minimum Gasteiger partial charge on any atom is -0.373 e. The van der Waals surface area contributed by atoms with Crippen LogP contribution in [0.1, 0.15) is 61.3 Å². The van der Waals surface area contributed by atoms with Crippen molar-refractivity contribution >= 4 is 10.9 Å². The molecule has 3 aromatic rings. The molecule has 1 aromatic heterocycles. The van der Waals surface area contributed by atoms with E-state index in [1.165, 1.54) is 29.5 Å². The molecule has 5 rings (SSSR count). The number of nitrogens with zero attached hydrogens (tertiary/aromatic N) is 2. The van der Waals surface area contributed by atoms with Crippen LogP contribution in [-0.2, 0) is 10.2 Å². The van der Waals surface area contributed by atoms with Crippen LogP contribution in [0.3, 0.4) is 0 Å². The highest BCUT2D eigenvalue weighted by Gasteiger charge is 2.36. The smallest absolute Gasteiger partial charge is 0.123 e. The molecule has 30 heavy (non-hydrogen) atoms. The number of hydrogen-bond acceptors (Lipinski definition) is 3. The molecule has 1 atom stereocenters. The van der Waals surface area contributed by atoms with Crippen LogP contribution < -0.4 is 0 Å². The molecule has 1 unspecified atom stereocenters. The van der Waals surface area contributed by atoms with Crippen LogP contribution in [0.2, 0.25) is 0 Å². The van der Waals surface area contributed by atoms with Crippen molar-refractivity contribution in [3.05, 3.63) is 65.1 Å². The van der Waals surface area contributed by atoms with Crippen molar-refractivity contribution in [1.82, 2.24) is 15.1 Å². The first-order valence-corrected chi connectivity index (χ1v) is 11.1. The Balaban J connectivity index is 1.41. The fourth-order valence-electron chi connectivity index (χ4n) is 4.82. The highest BCUT2D eigenvalue weighted by Crippen LogP contribution is 2.43. The summed E-state index contributed by atoms with van der Waals surface area (Å²) < 4.78 is 20.1. The minimum atomic E-state index is -0.186. The van der Waals surface area contributed by atoms with Gasteiger partial charge in [0.1, 0.15) is 5.82 Å². The second kappa shape index (κ2) is 7.78. The van der Waals surface area contributed by atoms with E-state index >= 15 is 0 Å². The molecule has 2 aromatic carbocycles. The molecular weight excluding hydrogens is 377 g/mol. The third kappa shape index (κ3) is 3.77. The molecule has 1 saturated carbocycles. The maximum absolute atomic E-state index is 13.6. The molecule has 0 spiro atoms. The summed E-state index contributed by atoms with van der Waals surface area (Å²) in [5.41, 5.74) is 4.78. The number of aromatic amines is 1. The molecule has 158 valence electrons. The van der Waals surface area contributed by atoms with Crippen molar-refractivity contribution < 1.29 is 9.13 Å². The Labute approximate surface area is 177 Å². The minimum absolute atomic E-state index is 0.0383. The molecule has 2 heterocycles. The van der Waals surface area contributed by atoms with Gasteiger partial charge in [0.15, 0.2) is 0 Å². The van der Waals surface area contributed by atoms with Gasteiger partial charge in [0.25, 0.3) is 0 Å². The van der Waals surface area contributed by atoms with Gasteiger partial charge >= 0.3 is 0 Å². The third-order valence-corrected chi connectivity index (χ3v) is 7.10. The van der Waals surface area contributed by atoms with Crippen molar-refractivity contribution in [2.45, 2.75) is 50.0 Å². The summed E-state index contributed by atoms with van der Waals surface area (Å²) in [5.74, 6) is 0.504. The van der Waals surface area contributed by atoms with E-state index in [1.807, 2.05) is 18.3 Å². The Morgan fingerprint density at radius 1 is 1.20 bits per heavy atom. The summed E-state index contributed by atoms with van der Waals surface area (Å²) >= 11 is 0. The van der Waals surface area contributed by atoms with Crippen LogP contribution >= 0.6 is 0 Å². The number of ether oxygens (including phenoxy) is 1. The van der Waals surface area contributed by atoms with Crippen molar-refractivity contribution in [3.8, 4) is 0 Å². The lowest BCUT2D eigenvalue weighted by atomic mass is 9.73. The molecule has 2 aliphatic rings. The number of H-pyrrole nitrogens is 1. The van der Waals surface area contributed by atoms with Crippen LogP contribution in [-0.4, -0.2) is 41.8 Å². The van der Waals surface area contributed by atoms with Gasteiger partial charge in [-0.1, -0.05) is 18.2 Å². The number of aromatic nitrogens is 2. The fraction of sp³-hybridized carbons (Fsp3) is 0.480. The summed E-state index contributed by atoms with van der Waals surface area (Å²) in [4.78, 5) is 2.36. The second-order valence-corrected chi connectivity index (χ2v) is 9.26. The van der Waals surface area contributed by atoms with Gasteiger partial charge in [-0.15, -0.1) is 0 Å². The van der Waals surface area contributed by atoms with Gasteiger partial charge in [-0.25, -0.2) is 4.39 Å². The zero-order valence-corrected chi connectivity index (χ0v) is 17.8. The van der Waals surface area contributed by atoms with E-state index in [0.717, 1.165) is 36.8 Å². The molecule has 1 aliphatic heterocycles. The first kappa shape index (κ1) is 19.7.